The van der Waals surface area contributed by atoms with Gasteiger partial charge in [0.15, 0.2) is 0 Å². The minimum absolute atomic E-state index is 0.369. The molecule has 3 aromatic carbocycles. The molecular formula is C21H19N3OS. The zero-order valence-electron chi connectivity index (χ0n) is 14.3. The number of hydrazone groups is 1. The van der Waals surface area contributed by atoms with E-state index in [1.807, 2.05) is 73.7 Å². The molecule has 26 heavy (non-hydrogen) atoms. The Morgan fingerprint density at radius 1 is 0.885 bits per heavy atom. The van der Waals surface area contributed by atoms with E-state index in [2.05, 4.69) is 28.0 Å². The second-order valence-corrected chi connectivity index (χ2v) is 6.77. The van der Waals surface area contributed by atoms with Crippen LogP contribution in [-0.2, 0) is 0 Å². The first-order chi connectivity index (χ1) is 12.7. The van der Waals surface area contributed by atoms with E-state index < -0.39 is 0 Å². The Morgan fingerprint density at radius 2 is 1.54 bits per heavy atom. The molecule has 0 heterocycles. The molecule has 0 aliphatic carbocycles. The van der Waals surface area contributed by atoms with E-state index in [9.17, 15) is 4.79 Å². The summed E-state index contributed by atoms with van der Waals surface area (Å²) >= 11 is 1.70. The molecule has 0 radical (unpaired) electrons. The quantitative estimate of drug-likeness (QED) is 0.478. The minimum Gasteiger partial charge on any atom is -0.306 e. The van der Waals surface area contributed by atoms with Crippen LogP contribution in [0.15, 0.2) is 93.8 Å². The molecule has 0 saturated carbocycles. The smallest absolute Gasteiger partial charge is 0.306 e. The summed E-state index contributed by atoms with van der Waals surface area (Å²) < 4.78 is 0. The summed E-state index contributed by atoms with van der Waals surface area (Å²) in [6, 6.07) is 25.4. The van der Waals surface area contributed by atoms with Crippen molar-refractivity contribution in [1.29, 1.82) is 0 Å². The number of para-hydroxylation sites is 1. The van der Waals surface area contributed by atoms with E-state index >= 15 is 0 Å². The van der Waals surface area contributed by atoms with E-state index in [0.29, 0.717) is 0 Å². The van der Waals surface area contributed by atoms with Gasteiger partial charge >= 0.3 is 6.03 Å². The van der Waals surface area contributed by atoms with Crippen molar-refractivity contribution in [1.82, 2.24) is 5.43 Å². The maximum absolute atomic E-state index is 11.9. The summed E-state index contributed by atoms with van der Waals surface area (Å²) in [5.74, 6) is 0. The van der Waals surface area contributed by atoms with E-state index in [0.717, 1.165) is 21.7 Å². The minimum atomic E-state index is -0.369. The third kappa shape index (κ3) is 5.22. The molecule has 0 unspecified atom stereocenters. The standard InChI is InChI=1S/C21H19N3OS/c1-16-7-5-6-10-20(16)23-21(25)24-22-15-17-11-13-19(14-12-17)26-18-8-3-2-4-9-18/h2-15H,1H3,(H2,23,24,25). The first-order valence-electron chi connectivity index (χ1n) is 8.19. The average Bonchev–Trinajstić information content (AvgIpc) is 2.66. The normalized spacial score (nSPS) is 10.7. The maximum atomic E-state index is 11.9. The number of rotatable bonds is 5. The largest absolute Gasteiger partial charge is 0.339 e. The third-order valence-electron chi connectivity index (χ3n) is 3.63. The number of hydrogen-bond acceptors (Lipinski definition) is 3. The number of nitrogens with one attached hydrogen (secondary N) is 2. The van der Waals surface area contributed by atoms with Gasteiger partial charge in [0.1, 0.15) is 0 Å². The van der Waals surface area contributed by atoms with Gasteiger partial charge in [0.25, 0.3) is 0 Å². The summed E-state index contributed by atoms with van der Waals surface area (Å²) in [5.41, 5.74) is 5.16. The summed E-state index contributed by atoms with van der Waals surface area (Å²) in [6.45, 7) is 1.94. The zero-order valence-corrected chi connectivity index (χ0v) is 15.2. The van der Waals surface area contributed by atoms with Crippen molar-refractivity contribution in [2.45, 2.75) is 16.7 Å². The van der Waals surface area contributed by atoms with Crippen molar-refractivity contribution in [2.75, 3.05) is 5.32 Å². The fourth-order valence-corrected chi connectivity index (χ4v) is 3.11. The topological polar surface area (TPSA) is 53.5 Å². The molecule has 3 aromatic rings. The van der Waals surface area contributed by atoms with Crippen molar-refractivity contribution in [3.05, 3.63) is 90.0 Å². The number of urea groups is 1. The van der Waals surface area contributed by atoms with Gasteiger partial charge in [0.05, 0.1) is 6.21 Å². The Morgan fingerprint density at radius 3 is 2.27 bits per heavy atom. The maximum Gasteiger partial charge on any atom is 0.339 e. The highest BCUT2D eigenvalue weighted by molar-refractivity contribution is 7.99. The number of carbonyl (C=O) groups is 1. The highest BCUT2D eigenvalue weighted by atomic mass is 32.2. The molecule has 0 aliphatic heterocycles. The SMILES string of the molecule is Cc1ccccc1NC(=O)NN=Cc1ccc(Sc2ccccc2)cc1. The third-order valence-corrected chi connectivity index (χ3v) is 4.65. The van der Waals surface area contributed by atoms with Gasteiger partial charge in [-0.3, -0.25) is 0 Å². The molecule has 2 N–H and O–H groups in total. The molecule has 2 amide bonds. The molecule has 0 saturated heterocycles. The van der Waals surface area contributed by atoms with Crippen LogP contribution < -0.4 is 10.7 Å². The number of carbonyl (C=O) groups excluding carboxylic acids is 1. The highest BCUT2D eigenvalue weighted by Gasteiger charge is 2.02. The van der Waals surface area contributed by atoms with Gasteiger partial charge < -0.3 is 5.32 Å². The molecule has 4 nitrogen and oxygen atoms in total. The number of amides is 2. The lowest BCUT2D eigenvalue weighted by atomic mass is 10.2. The number of nitrogens with zero attached hydrogens (tertiary/aromatic N) is 1. The van der Waals surface area contributed by atoms with Crippen molar-refractivity contribution in [2.24, 2.45) is 5.10 Å². The number of hydrogen-bond donors (Lipinski definition) is 2. The molecule has 5 heteroatoms. The van der Waals surface area contributed by atoms with Crippen molar-refractivity contribution in [3.8, 4) is 0 Å². The van der Waals surface area contributed by atoms with Crippen LogP contribution in [0.2, 0.25) is 0 Å². The van der Waals surface area contributed by atoms with Gasteiger partial charge in [-0.05, 0) is 48.4 Å². The predicted molar refractivity (Wildman–Crippen MR) is 108 cm³/mol. The Bertz CT molecular complexity index is 893. The number of aryl methyl sites for hydroxylation is 1. The lowest BCUT2D eigenvalue weighted by Gasteiger charge is -2.06. The summed E-state index contributed by atoms with van der Waals surface area (Å²) in [6.07, 6.45) is 1.62. The Hall–Kier alpha value is -3.05. The second-order valence-electron chi connectivity index (χ2n) is 5.62. The first kappa shape index (κ1) is 17.8. The van der Waals surface area contributed by atoms with Gasteiger partial charge in [0.2, 0.25) is 0 Å². The van der Waals surface area contributed by atoms with Crippen molar-refractivity contribution < 1.29 is 4.79 Å². The van der Waals surface area contributed by atoms with Crippen molar-refractivity contribution >= 4 is 29.7 Å². The van der Waals surface area contributed by atoms with Gasteiger partial charge in [-0.15, -0.1) is 0 Å². The van der Waals surface area contributed by atoms with Crippen LogP contribution in [0.3, 0.4) is 0 Å². The van der Waals surface area contributed by atoms with Crippen LogP contribution in [0.4, 0.5) is 10.5 Å². The van der Waals surface area contributed by atoms with Crippen molar-refractivity contribution in [3.63, 3.8) is 0 Å². The van der Waals surface area contributed by atoms with E-state index in [-0.39, 0.29) is 6.03 Å². The molecule has 0 bridgehead atoms. The van der Waals surface area contributed by atoms with Gasteiger partial charge in [-0.1, -0.05) is 60.3 Å². The Balaban J connectivity index is 1.52. The highest BCUT2D eigenvalue weighted by Crippen LogP contribution is 2.27. The molecule has 0 atom stereocenters. The fourth-order valence-electron chi connectivity index (χ4n) is 2.28. The molecule has 0 spiro atoms. The molecular weight excluding hydrogens is 342 g/mol. The lowest BCUT2D eigenvalue weighted by Crippen LogP contribution is -2.24. The summed E-state index contributed by atoms with van der Waals surface area (Å²) in [4.78, 5) is 14.2. The van der Waals surface area contributed by atoms with Gasteiger partial charge in [-0.25, -0.2) is 10.2 Å². The molecule has 0 aliphatic rings. The molecule has 0 aromatic heterocycles. The molecule has 3 rings (SSSR count). The van der Waals surface area contributed by atoms with E-state index in [1.54, 1.807) is 18.0 Å². The van der Waals surface area contributed by atoms with Gasteiger partial charge in [-0.2, -0.15) is 5.10 Å². The van der Waals surface area contributed by atoms with Crippen LogP contribution in [0.1, 0.15) is 11.1 Å². The second kappa shape index (κ2) is 8.87. The van der Waals surface area contributed by atoms with Crippen LogP contribution in [0, 0.1) is 6.92 Å². The summed E-state index contributed by atoms with van der Waals surface area (Å²) in [5, 5.41) is 6.75. The van der Waals surface area contributed by atoms with E-state index in [4.69, 9.17) is 0 Å². The van der Waals surface area contributed by atoms with Gasteiger partial charge in [0, 0.05) is 15.5 Å². The summed E-state index contributed by atoms with van der Waals surface area (Å²) in [7, 11) is 0. The monoisotopic (exact) mass is 361 g/mol. The zero-order chi connectivity index (χ0) is 18.2. The molecule has 130 valence electrons. The average molecular weight is 361 g/mol. The van der Waals surface area contributed by atoms with Crippen LogP contribution >= 0.6 is 11.8 Å². The first-order valence-corrected chi connectivity index (χ1v) is 9.01. The Kier molecular flexibility index (Phi) is 6.06. The number of anilines is 1. The molecule has 0 fully saturated rings. The number of benzene rings is 3. The van der Waals surface area contributed by atoms with Crippen LogP contribution in [0.25, 0.3) is 0 Å². The van der Waals surface area contributed by atoms with E-state index in [1.165, 1.54) is 4.90 Å². The Labute approximate surface area is 157 Å². The van der Waals surface area contributed by atoms with Crippen LogP contribution in [0.5, 0.6) is 0 Å². The van der Waals surface area contributed by atoms with Crippen LogP contribution in [-0.4, -0.2) is 12.2 Å². The predicted octanol–water partition coefficient (Wildman–Crippen LogP) is 5.30. The lowest BCUT2D eigenvalue weighted by molar-refractivity contribution is 0.252. The fraction of sp³-hybridized carbons (Fsp3) is 0.0476.